The fourth-order valence-corrected chi connectivity index (χ4v) is 1.34. The summed E-state index contributed by atoms with van der Waals surface area (Å²) < 4.78 is 1.71. The molecule has 0 saturated heterocycles. The molecule has 1 aromatic rings. The zero-order valence-corrected chi connectivity index (χ0v) is 9.21. The molecule has 0 atom stereocenters. The van der Waals surface area contributed by atoms with Gasteiger partial charge in [0.2, 0.25) is 5.82 Å². The van der Waals surface area contributed by atoms with E-state index in [0.29, 0.717) is 11.0 Å². The van der Waals surface area contributed by atoms with Crippen LogP contribution in [0.3, 0.4) is 0 Å². The minimum atomic E-state index is -0.228. The molecule has 1 rings (SSSR count). The predicted octanol–water partition coefficient (Wildman–Crippen LogP) is 0.727. The lowest BCUT2D eigenvalue weighted by atomic mass is 10.3. The van der Waals surface area contributed by atoms with Crippen molar-refractivity contribution in [3.8, 4) is 0 Å². The predicted molar refractivity (Wildman–Crippen MR) is 55.6 cm³/mol. The number of nitrogens with zero attached hydrogens (tertiary/aromatic N) is 3. The fraction of sp³-hybridized carbons (Fsp3) is 0.625. The molecule has 0 aromatic carbocycles. The first-order chi connectivity index (χ1) is 6.70. The Bertz CT molecular complexity index is 323. The van der Waals surface area contributed by atoms with Gasteiger partial charge in [-0.25, -0.2) is 0 Å². The van der Waals surface area contributed by atoms with Crippen LogP contribution in [-0.4, -0.2) is 27.7 Å². The molecule has 0 fully saturated rings. The van der Waals surface area contributed by atoms with Crippen LogP contribution in [0.2, 0.25) is 0 Å². The first kappa shape index (κ1) is 11.0. The number of unbranched alkanes of at least 4 members (excludes halogenated alkanes) is 1. The van der Waals surface area contributed by atoms with Gasteiger partial charge in [-0.2, -0.15) is 0 Å². The number of amides is 1. The van der Waals surface area contributed by atoms with Gasteiger partial charge in [0.25, 0.3) is 5.91 Å². The molecule has 0 aliphatic carbocycles. The summed E-state index contributed by atoms with van der Waals surface area (Å²) >= 11 is 4.13. The number of hydrogen-bond donors (Lipinski definition) is 2. The minimum Gasteiger partial charge on any atom is -0.352 e. The third-order valence-corrected chi connectivity index (χ3v) is 2.23. The zero-order valence-electron chi connectivity index (χ0n) is 8.32. The summed E-state index contributed by atoms with van der Waals surface area (Å²) in [6.07, 6.45) is 2.04. The highest BCUT2D eigenvalue weighted by atomic mass is 32.1. The van der Waals surface area contributed by atoms with Crippen molar-refractivity contribution < 1.29 is 4.79 Å². The standard InChI is InChI=1S/C8H14N4OS/c1-3-4-5-12-6(7(13)9-2)10-11-8(12)14/h3-5H2,1-2H3,(H,9,13)(H,11,14). The van der Waals surface area contributed by atoms with Gasteiger partial charge in [0.1, 0.15) is 0 Å². The lowest BCUT2D eigenvalue weighted by molar-refractivity contribution is 0.0947. The lowest BCUT2D eigenvalue weighted by Crippen LogP contribution is -2.23. The number of rotatable bonds is 4. The van der Waals surface area contributed by atoms with Gasteiger partial charge in [0.15, 0.2) is 5.16 Å². The highest BCUT2D eigenvalue weighted by molar-refractivity contribution is 7.80. The zero-order chi connectivity index (χ0) is 10.6. The van der Waals surface area contributed by atoms with E-state index in [9.17, 15) is 4.79 Å². The van der Waals surface area contributed by atoms with Crippen LogP contribution in [-0.2, 0) is 6.54 Å². The normalized spacial score (nSPS) is 10.2. The summed E-state index contributed by atoms with van der Waals surface area (Å²) in [7, 11) is 1.57. The third-order valence-electron chi connectivity index (χ3n) is 1.90. The van der Waals surface area contributed by atoms with Crippen LogP contribution < -0.4 is 5.32 Å². The maximum absolute atomic E-state index is 11.3. The van der Waals surface area contributed by atoms with E-state index in [2.05, 4.69) is 35.1 Å². The highest BCUT2D eigenvalue weighted by Crippen LogP contribution is 2.08. The number of carbonyl (C=O) groups is 1. The van der Waals surface area contributed by atoms with E-state index in [1.54, 1.807) is 11.6 Å². The minimum absolute atomic E-state index is 0.228. The molecule has 1 amide bonds. The second-order valence-corrected chi connectivity index (χ2v) is 3.31. The maximum atomic E-state index is 11.3. The molecular formula is C8H14N4OS. The summed E-state index contributed by atoms with van der Waals surface area (Å²) in [6, 6.07) is 0. The highest BCUT2D eigenvalue weighted by Gasteiger charge is 2.14. The van der Waals surface area contributed by atoms with Gasteiger partial charge in [0.05, 0.1) is 0 Å². The molecule has 0 saturated carbocycles. The van der Waals surface area contributed by atoms with Gasteiger partial charge >= 0.3 is 0 Å². The summed E-state index contributed by atoms with van der Waals surface area (Å²) in [5.74, 6) is 0.0971. The first-order valence-electron chi connectivity index (χ1n) is 4.55. The van der Waals surface area contributed by atoms with Crippen molar-refractivity contribution in [1.82, 2.24) is 20.1 Å². The van der Waals surface area contributed by atoms with E-state index in [1.807, 2.05) is 0 Å². The molecule has 6 heteroatoms. The van der Waals surface area contributed by atoms with Gasteiger partial charge in [-0.1, -0.05) is 13.3 Å². The molecule has 0 spiro atoms. The van der Waals surface area contributed by atoms with Crippen molar-refractivity contribution in [3.63, 3.8) is 0 Å². The molecule has 14 heavy (non-hydrogen) atoms. The fourth-order valence-electron chi connectivity index (χ4n) is 1.10. The molecule has 5 nitrogen and oxygen atoms in total. The Kier molecular flexibility index (Phi) is 3.94. The smallest absolute Gasteiger partial charge is 0.289 e. The van der Waals surface area contributed by atoms with Gasteiger partial charge in [-0.15, -0.1) is 22.8 Å². The largest absolute Gasteiger partial charge is 0.352 e. The Morgan fingerprint density at radius 1 is 1.57 bits per heavy atom. The lowest BCUT2D eigenvalue weighted by Gasteiger charge is -2.05. The van der Waals surface area contributed by atoms with Crippen LogP contribution >= 0.6 is 12.6 Å². The van der Waals surface area contributed by atoms with E-state index < -0.39 is 0 Å². The maximum Gasteiger partial charge on any atom is 0.289 e. The van der Waals surface area contributed by atoms with Crippen molar-refractivity contribution in [2.45, 2.75) is 31.5 Å². The summed E-state index contributed by atoms with van der Waals surface area (Å²) in [4.78, 5) is 11.3. The Labute approximate surface area is 88.3 Å². The van der Waals surface area contributed by atoms with Crippen LogP contribution in [0.1, 0.15) is 30.4 Å². The average molecular weight is 214 g/mol. The Morgan fingerprint density at radius 3 is 2.86 bits per heavy atom. The molecule has 78 valence electrons. The number of hydrogen-bond acceptors (Lipinski definition) is 4. The Morgan fingerprint density at radius 2 is 2.29 bits per heavy atom. The molecule has 0 aliphatic heterocycles. The van der Waals surface area contributed by atoms with Gasteiger partial charge < -0.3 is 5.32 Å². The molecule has 1 N–H and O–H groups in total. The number of thiol groups is 1. The van der Waals surface area contributed by atoms with Gasteiger partial charge in [0, 0.05) is 13.6 Å². The Balaban J connectivity index is 2.88. The van der Waals surface area contributed by atoms with E-state index in [1.165, 1.54) is 0 Å². The second kappa shape index (κ2) is 4.99. The van der Waals surface area contributed by atoms with Crippen LogP contribution in [0.5, 0.6) is 0 Å². The van der Waals surface area contributed by atoms with E-state index in [0.717, 1.165) is 19.4 Å². The molecule has 1 aromatic heterocycles. The summed E-state index contributed by atoms with van der Waals surface area (Å²) in [6.45, 7) is 2.81. The van der Waals surface area contributed by atoms with Crippen LogP contribution in [0.15, 0.2) is 5.16 Å². The van der Waals surface area contributed by atoms with E-state index in [4.69, 9.17) is 0 Å². The van der Waals surface area contributed by atoms with Crippen molar-refractivity contribution in [2.24, 2.45) is 0 Å². The van der Waals surface area contributed by atoms with Crippen LogP contribution in [0.4, 0.5) is 0 Å². The summed E-state index contributed by atoms with van der Waals surface area (Å²) in [5.41, 5.74) is 0. The monoisotopic (exact) mass is 214 g/mol. The molecular weight excluding hydrogens is 200 g/mol. The molecule has 0 aliphatic rings. The first-order valence-corrected chi connectivity index (χ1v) is 4.99. The SMILES string of the molecule is CCCCn1c(S)nnc1C(=O)NC. The van der Waals surface area contributed by atoms with E-state index in [-0.39, 0.29) is 5.91 Å². The van der Waals surface area contributed by atoms with Gasteiger partial charge in [-0.05, 0) is 6.42 Å². The molecule has 0 bridgehead atoms. The topological polar surface area (TPSA) is 59.8 Å². The number of nitrogens with one attached hydrogen (secondary N) is 1. The molecule has 1 heterocycles. The molecule has 0 radical (unpaired) electrons. The quantitative estimate of drug-likeness (QED) is 0.726. The average Bonchev–Trinajstić information content (AvgIpc) is 2.56. The van der Waals surface area contributed by atoms with Crippen molar-refractivity contribution in [1.29, 1.82) is 0 Å². The molecule has 0 unspecified atom stereocenters. The van der Waals surface area contributed by atoms with Crippen molar-refractivity contribution >= 4 is 18.5 Å². The number of aromatic nitrogens is 3. The third kappa shape index (κ3) is 2.25. The van der Waals surface area contributed by atoms with Gasteiger partial charge in [-0.3, -0.25) is 9.36 Å². The van der Waals surface area contributed by atoms with Crippen molar-refractivity contribution in [2.75, 3.05) is 7.05 Å². The second-order valence-electron chi connectivity index (χ2n) is 2.91. The van der Waals surface area contributed by atoms with Crippen molar-refractivity contribution in [3.05, 3.63) is 5.82 Å². The summed E-state index contributed by atoms with van der Waals surface area (Å²) in [5, 5.41) is 10.5. The van der Waals surface area contributed by atoms with Crippen LogP contribution in [0.25, 0.3) is 0 Å². The Hall–Kier alpha value is -1.04. The number of carbonyl (C=O) groups excluding carboxylic acids is 1. The van der Waals surface area contributed by atoms with E-state index >= 15 is 0 Å². The van der Waals surface area contributed by atoms with Crippen LogP contribution in [0, 0.1) is 0 Å².